The molecule has 3 fully saturated rings. The molecule has 1 aromatic carbocycles. The van der Waals surface area contributed by atoms with Crippen LogP contribution < -0.4 is 5.32 Å². The topological polar surface area (TPSA) is 90.3 Å². The number of nitrogens with zero attached hydrogens (tertiary/aromatic N) is 2. The van der Waals surface area contributed by atoms with Gasteiger partial charge in [0.1, 0.15) is 0 Å². The highest BCUT2D eigenvalue weighted by molar-refractivity contribution is 7.89. The molecule has 144 valence electrons. The molecule has 0 atom stereocenters. The van der Waals surface area contributed by atoms with Crippen LogP contribution in [0.25, 0.3) is 0 Å². The van der Waals surface area contributed by atoms with Gasteiger partial charge in [-0.1, -0.05) is 0 Å². The van der Waals surface area contributed by atoms with E-state index in [9.17, 15) is 13.2 Å². The minimum Gasteiger partial charge on any atom is -0.353 e. The van der Waals surface area contributed by atoms with E-state index in [1.165, 1.54) is 54.3 Å². The van der Waals surface area contributed by atoms with E-state index < -0.39 is 10.0 Å². The van der Waals surface area contributed by atoms with Crippen molar-refractivity contribution in [2.45, 2.75) is 49.5 Å². The van der Waals surface area contributed by atoms with Gasteiger partial charge < -0.3 is 5.32 Å². The number of rotatable bonds is 6. The van der Waals surface area contributed by atoms with Crippen molar-refractivity contribution in [3.63, 3.8) is 0 Å². The van der Waals surface area contributed by atoms with Crippen LogP contribution in [0.3, 0.4) is 0 Å². The first-order valence-electron chi connectivity index (χ1n) is 9.80. The lowest BCUT2D eigenvalue weighted by atomic mass is 9.96. The molecule has 6 nitrogen and oxygen atoms in total. The summed E-state index contributed by atoms with van der Waals surface area (Å²) in [6.45, 7) is 0.718. The van der Waals surface area contributed by atoms with Crippen LogP contribution in [0.1, 0.15) is 44.1 Å². The Morgan fingerprint density at radius 2 is 1.59 bits per heavy atom. The quantitative estimate of drug-likeness (QED) is 0.811. The summed E-state index contributed by atoms with van der Waals surface area (Å²) in [5.74, 6) is 1.34. The molecule has 0 bridgehead atoms. The van der Waals surface area contributed by atoms with Gasteiger partial charge in [0.25, 0.3) is 0 Å². The maximum Gasteiger partial charge on any atom is 0.243 e. The molecule has 0 radical (unpaired) electrons. The van der Waals surface area contributed by atoms with E-state index in [4.69, 9.17) is 5.26 Å². The molecule has 1 amide bonds. The predicted molar refractivity (Wildman–Crippen MR) is 100 cm³/mol. The summed E-state index contributed by atoms with van der Waals surface area (Å²) in [7, 11) is -3.57. The van der Waals surface area contributed by atoms with Crippen LogP contribution in [-0.4, -0.2) is 37.8 Å². The predicted octanol–water partition coefficient (Wildman–Crippen LogP) is 2.26. The fourth-order valence-corrected chi connectivity index (χ4v) is 5.49. The number of sulfonamides is 1. The molecule has 0 unspecified atom stereocenters. The second kappa shape index (κ2) is 7.25. The minimum absolute atomic E-state index is 0.0996. The Labute approximate surface area is 160 Å². The monoisotopic (exact) mass is 387 g/mol. The molecule has 2 saturated carbocycles. The Kier molecular flexibility index (Phi) is 4.95. The molecular formula is C20H25N3O3S. The number of amides is 1. The van der Waals surface area contributed by atoms with Crippen LogP contribution in [0.2, 0.25) is 0 Å². The van der Waals surface area contributed by atoms with Gasteiger partial charge in [0.2, 0.25) is 15.9 Å². The third kappa shape index (κ3) is 4.02. The second-order valence-electron chi connectivity index (χ2n) is 8.02. The molecular weight excluding hydrogens is 362 g/mol. The van der Waals surface area contributed by atoms with Crippen molar-refractivity contribution in [1.29, 1.82) is 5.26 Å². The molecule has 2 aliphatic carbocycles. The van der Waals surface area contributed by atoms with Crippen molar-refractivity contribution in [3.05, 3.63) is 29.8 Å². The van der Waals surface area contributed by atoms with Crippen LogP contribution in [-0.2, 0) is 14.8 Å². The Balaban J connectivity index is 1.35. The van der Waals surface area contributed by atoms with Crippen LogP contribution in [0.15, 0.2) is 29.2 Å². The molecule has 1 heterocycles. The largest absolute Gasteiger partial charge is 0.353 e. The van der Waals surface area contributed by atoms with E-state index in [1.54, 1.807) is 0 Å². The van der Waals surface area contributed by atoms with Gasteiger partial charge in [-0.25, -0.2) is 8.42 Å². The van der Waals surface area contributed by atoms with Crippen molar-refractivity contribution in [2.75, 3.05) is 13.1 Å². The zero-order valence-electron chi connectivity index (χ0n) is 15.3. The first kappa shape index (κ1) is 18.5. The third-order valence-electron chi connectivity index (χ3n) is 6.01. The zero-order valence-corrected chi connectivity index (χ0v) is 16.1. The van der Waals surface area contributed by atoms with Crippen LogP contribution in [0.4, 0.5) is 0 Å². The van der Waals surface area contributed by atoms with Gasteiger partial charge in [-0.3, -0.25) is 4.79 Å². The second-order valence-corrected chi connectivity index (χ2v) is 9.96. The highest BCUT2D eigenvalue weighted by Crippen LogP contribution is 2.44. The van der Waals surface area contributed by atoms with Crippen molar-refractivity contribution in [3.8, 4) is 6.07 Å². The molecule has 0 aromatic heterocycles. The molecule has 7 heteroatoms. The highest BCUT2D eigenvalue weighted by Gasteiger charge is 2.43. The normalized spacial score (nSPS) is 21.8. The number of piperidine rings is 1. The van der Waals surface area contributed by atoms with Gasteiger partial charge >= 0.3 is 0 Å². The van der Waals surface area contributed by atoms with E-state index >= 15 is 0 Å². The number of carbonyl (C=O) groups is 1. The Bertz CT molecular complexity index is 831. The number of benzene rings is 1. The molecule has 1 aliphatic heterocycles. The molecule has 0 spiro atoms. The van der Waals surface area contributed by atoms with Gasteiger partial charge in [-0.2, -0.15) is 9.57 Å². The van der Waals surface area contributed by atoms with Crippen molar-refractivity contribution < 1.29 is 13.2 Å². The van der Waals surface area contributed by atoms with Gasteiger partial charge in [0, 0.05) is 25.0 Å². The average molecular weight is 388 g/mol. The number of nitrogens with one attached hydrogen (secondary N) is 1. The standard InChI is InChI=1S/C20H25N3O3S/c21-13-14-1-7-18(8-2-14)27(25,26)23-11-9-17(10-12-23)20(24)22-19(15-3-4-15)16-5-6-16/h1-2,7-8,15-17,19H,3-6,9-12H2,(H,22,24). The molecule has 1 aromatic rings. The fourth-order valence-electron chi connectivity index (χ4n) is 4.02. The van der Waals surface area contributed by atoms with Gasteiger partial charge in [0.05, 0.1) is 16.5 Å². The summed E-state index contributed by atoms with van der Waals surface area (Å²) in [5, 5.41) is 12.1. The lowest BCUT2D eigenvalue weighted by Gasteiger charge is -2.31. The van der Waals surface area contributed by atoms with Crippen LogP contribution in [0.5, 0.6) is 0 Å². The lowest BCUT2D eigenvalue weighted by molar-refractivity contribution is -0.127. The lowest BCUT2D eigenvalue weighted by Crippen LogP contribution is -2.46. The Morgan fingerprint density at radius 1 is 1.04 bits per heavy atom. The molecule has 1 saturated heterocycles. The molecule has 27 heavy (non-hydrogen) atoms. The number of carbonyl (C=O) groups excluding carboxylic acids is 1. The molecule has 4 rings (SSSR count). The highest BCUT2D eigenvalue weighted by atomic mass is 32.2. The van der Waals surface area contributed by atoms with E-state index in [0.29, 0.717) is 49.4 Å². The summed E-state index contributed by atoms with van der Waals surface area (Å²) in [4.78, 5) is 12.9. The summed E-state index contributed by atoms with van der Waals surface area (Å²) in [6.07, 6.45) is 6.02. The third-order valence-corrected chi connectivity index (χ3v) is 7.93. The number of hydrogen-bond acceptors (Lipinski definition) is 4. The Morgan fingerprint density at radius 3 is 2.07 bits per heavy atom. The molecule has 1 N–H and O–H groups in total. The molecule has 3 aliphatic rings. The summed E-state index contributed by atoms with van der Waals surface area (Å²) >= 11 is 0. The van der Waals surface area contributed by atoms with E-state index in [0.717, 1.165) is 0 Å². The summed E-state index contributed by atoms with van der Waals surface area (Å²) in [5.41, 5.74) is 0.435. The summed E-state index contributed by atoms with van der Waals surface area (Å²) < 4.78 is 27.0. The van der Waals surface area contributed by atoms with Crippen molar-refractivity contribution >= 4 is 15.9 Å². The van der Waals surface area contributed by atoms with E-state index in [-0.39, 0.29) is 16.7 Å². The first-order chi connectivity index (χ1) is 13.0. The van der Waals surface area contributed by atoms with Crippen molar-refractivity contribution in [1.82, 2.24) is 9.62 Å². The minimum atomic E-state index is -3.57. The summed E-state index contributed by atoms with van der Waals surface area (Å²) in [6, 6.07) is 8.32. The van der Waals surface area contributed by atoms with E-state index in [2.05, 4.69) is 5.32 Å². The van der Waals surface area contributed by atoms with Crippen molar-refractivity contribution in [2.24, 2.45) is 17.8 Å². The number of nitriles is 1. The van der Waals surface area contributed by atoms with Gasteiger partial charge in [0.15, 0.2) is 0 Å². The Hall–Kier alpha value is -1.91. The van der Waals surface area contributed by atoms with Gasteiger partial charge in [-0.05, 0) is 74.6 Å². The SMILES string of the molecule is N#Cc1ccc(S(=O)(=O)N2CCC(C(=O)NC(C3CC3)C3CC3)CC2)cc1. The van der Waals surface area contributed by atoms with Crippen LogP contribution in [0, 0.1) is 29.1 Å². The maximum absolute atomic E-state index is 12.8. The number of hydrogen-bond donors (Lipinski definition) is 1. The first-order valence-corrected chi connectivity index (χ1v) is 11.2. The van der Waals surface area contributed by atoms with Gasteiger partial charge in [-0.15, -0.1) is 0 Å². The van der Waals surface area contributed by atoms with E-state index in [1.807, 2.05) is 6.07 Å². The fraction of sp³-hybridized carbons (Fsp3) is 0.600. The maximum atomic E-state index is 12.8. The van der Waals surface area contributed by atoms with Crippen LogP contribution >= 0.6 is 0 Å². The zero-order chi connectivity index (χ0) is 19.0. The average Bonchev–Trinajstić information content (AvgIpc) is 3.59. The smallest absolute Gasteiger partial charge is 0.243 e.